The van der Waals surface area contributed by atoms with Crippen LogP contribution in [0.3, 0.4) is 0 Å². The van der Waals surface area contributed by atoms with Crippen molar-refractivity contribution < 1.29 is 4.79 Å². The normalized spacial score (nSPS) is 10.8. The van der Waals surface area contributed by atoms with Gasteiger partial charge in [-0.25, -0.2) is 4.98 Å². The minimum absolute atomic E-state index is 0.187. The van der Waals surface area contributed by atoms with Gasteiger partial charge in [0.05, 0.1) is 27.6 Å². The van der Waals surface area contributed by atoms with Gasteiger partial charge in [-0.1, -0.05) is 48.0 Å². The maximum atomic E-state index is 11.8. The molecule has 0 spiro atoms. The second kappa shape index (κ2) is 7.30. The molecule has 1 N–H and O–H groups in total. The molecule has 2 aromatic carbocycles. The first-order valence-corrected chi connectivity index (χ1v) is 8.53. The third-order valence-corrected chi connectivity index (χ3v) is 4.59. The van der Waals surface area contributed by atoms with Crippen LogP contribution in [-0.2, 0) is 17.9 Å². The molecule has 0 saturated heterocycles. The third kappa shape index (κ3) is 3.86. The summed E-state index contributed by atoms with van der Waals surface area (Å²) in [4.78, 5) is 16.4. The topological polar surface area (TPSA) is 46.9 Å². The fourth-order valence-electron chi connectivity index (χ4n) is 2.57. The van der Waals surface area contributed by atoms with Crippen molar-refractivity contribution in [3.63, 3.8) is 0 Å². The van der Waals surface area contributed by atoms with Crippen LogP contribution < -0.4 is 5.32 Å². The summed E-state index contributed by atoms with van der Waals surface area (Å²) < 4.78 is 2.06. The predicted octanol–water partition coefficient (Wildman–Crippen LogP) is 4.58. The van der Waals surface area contributed by atoms with Crippen LogP contribution >= 0.6 is 23.2 Å². The summed E-state index contributed by atoms with van der Waals surface area (Å²) in [5, 5.41) is 3.87. The Balaban J connectivity index is 1.96. The summed E-state index contributed by atoms with van der Waals surface area (Å²) in [7, 11) is 0. The smallest absolute Gasteiger partial charge is 0.246 e. The van der Waals surface area contributed by atoms with Gasteiger partial charge in [-0.3, -0.25) is 4.79 Å². The lowest BCUT2D eigenvalue weighted by Gasteiger charge is -2.11. The molecule has 0 fully saturated rings. The Kier molecular flexibility index (Phi) is 5.11. The zero-order chi connectivity index (χ0) is 18.0. The average molecular weight is 374 g/mol. The molecule has 0 saturated carbocycles. The maximum Gasteiger partial charge on any atom is 0.246 e. The highest BCUT2D eigenvalue weighted by Crippen LogP contribution is 2.24. The van der Waals surface area contributed by atoms with Gasteiger partial charge in [0.15, 0.2) is 0 Å². The molecule has 4 nitrogen and oxygen atoms in total. The van der Waals surface area contributed by atoms with Crippen molar-refractivity contribution in [3.8, 4) is 0 Å². The molecular formula is C19H17Cl2N3O. The quantitative estimate of drug-likeness (QED) is 0.665. The molecule has 0 bridgehead atoms. The lowest BCUT2D eigenvalue weighted by molar-refractivity contribution is -0.117. The number of rotatable bonds is 5. The van der Waals surface area contributed by atoms with E-state index in [0.717, 1.165) is 22.4 Å². The number of imidazole rings is 1. The number of nitrogens with one attached hydrogen (secondary N) is 1. The number of hydrogen-bond acceptors (Lipinski definition) is 2. The van der Waals surface area contributed by atoms with Gasteiger partial charge in [-0.2, -0.15) is 0 Å². The zero-order valence-corrected chi connectivity index (χ0v) is 15.2. The lowest BCUT2D eigenvalue weighted by Crippen LogP contribution is -2.25. The number of aromatic nitrogens is 2. The first-order valence-electron chi connectivity index (χ1n) is 7.77. The second-order valence-corrected chi connectivity index (χ2v) is 6.63. The molecule has 0 aliphatic rings. The highest BCUT2D eigenvalue weighted by atomic mass is 35.5. The number of para-hydroxylation sites is 2. The van der Waals surface area contributed by atoms with Gasteiger partial charge in [0.2, 0.25) is 5.91 Å². The van der Waals surface area contributed by atoms with E-state index < -0.39 is 0 Å². The molecule has 0 aliphatic heterocycles. The van der Waals surface area contributed by atoms with Gasteiger partial charge in [0.25, 0.3) is 0 Å². The van der Waals surface area contributed by atoms with Crippen molar-refractivity contribution >= 4 is 40.1 Å². The molecule has 0 unspecified atom stereocenters. The molecule has 6 heteroatoms. The summed E-state index contributed by atoms with van der Waals surface area (Å²) >= 11 is 12.1. The largest absolute Gasteiger partial charge is 0.345 e. The van der Waals surface area contributed by atoms with Gasteiger partial charge in [0.1, 0.15) is 5.82 Å². The molecule has 3 aromatic rings. The first-order chi connectivity index (χ1) is 12.0. The Morgan fingerprint density at radius 3 is 2.68 bits per heavy atom. The fourth-order valence-corrected chi connectivity index (χ4v) is 2.89. The number of carbonyl (C=O) groups excluding carboxylic acids is 1. The van der Waals surface area contributed by atoms with Crippen LogP contribution in [0.15, 0.2) is 54.6 Å². The number of nitrogens with zero attached hydrogens (tertiary/aromatic N) is 2. The third-order valence-electron chi connectivity index (χ3n) is 3.85. The molecule has 0 radical (unpaired) electrons. The summed E-state index contributed by atoms with van der Waals surface area (Å²) in [5.74, 6) is 0.579. The number of hydrogen-bond donors (Lipinski definition) is 1. The highest BCUT2D eigenvalue weighted by Gasteiger charge is 2.13. The Morgan fingerprint density at radius 2 is 1.96 bits per heavy atom. The number of benzene rings is 2. The van der Waals surface area contributed by atoms with E-state index in [1.54, 1.807) is 13.0 Å². The Bertz CT molecular complexity index is 962. The van der Waals surface area contributed by atoms with Crippen molar-refractivity contribution in [2.75, 3.05) is 0 Å². The van der Waals surface area contributed by atoms with E-state index in [9.17, 15) is 4.79 Å². The monoisotopic (exact) mass is 373 g/mol. The van der Waals surface area contributed by atoms with Crippen LogP contribution in [0.5, 0.6) is 0 Å². The first kappa shape index (κ1) is 17.5. The van der Waals surface area contributed by atoms with Gasteiger partial charge in [-0.15, -0.1) is 0 Å². The van der Waals surface area contributed by atoms with E-state index in [4.69, 9.17) is 23.2 Å². The van der Waals surface area contributed by atoms with Crippen molar-refractivity contribution in [3.05, 3.63) is 76.0 Å². The Hall–Kier alpha value is -2.30. The Morgan fingerprint density at radius 1 is 1.20 bits per heavy atom. The van der Waals surface area contributed by atoms with E-state index in [0.29, 0.717) is 28.7 Å². The number of carbonyl (C=O) groups is 1. The molecule has 1 heterocycles. The van der Waals surface area contributed by atoms with Crippen molar-refractivity contribution in [2.24, 2.45) is 0 Å². The standard InChI is InChI=1S/C19H17Cl2N3O/c1-12(2)19(25)22-10-18-23-16-5-3-4-6-17(16)24(18)11-13-7-8-14(20)15(21)9-13/h3-9H,1,10-11H2,2H3,(H,22,25). The Labute approximate surface area is 156 Å². The van der Waals surface area contributed by atoms with E-state index >= 15 is 0 Å². The average Bonchev–Trinajstić information content (AvgIpc) is 2.93. The predicted molar refractivity (Wildman–Crippen MR) is 102 cm³/mol. The van der Waals surface area contributed by atoms with E-state index in [1.165, 1.54) is 0 Å². The molecule has 0 aliphatic carbocycles. The van der Waals surface area contributed by atoms with Crippen LogP contribution in [0.25, 0.3) is 11.0 Å². The fraction of sp³-hybridized carbons (Fsp3) is 0.158. The molecule has 1 amide bonds. The molecule has 25 heavy (non-hydrogen) atoms. The lowest BCUT2D eigenvalue weighted by atomic mass is 10.2. The molecule has 0 atom stereocenters. The molecular weight excluding hydrogens is 357 g/mol. The van der Waals surface area contributed by atoms with Gasteiger partial charge >= 0.3 is 0 Å². The number of fused-ring (bicyclic) bond motifs is 1. The molecule has 1 aromatic heterocycles. The van der Waals surface area contributed by atoms with Crippen LogP contribution in [0.4, 0.5) is 0 Å². The minimum Gasteiger partial charge on any atom is -0.345 e. The van der Waals surface area contributed by atoms with Crippen molar-refractivity contribution in [1.29, 1.82) is 0 Å². The molecule has 128 valence electrons. The van der Waals surface area contributed by atoms with E-state index in [2.05, 4.69) is 21.4 Å². The van der Waals surface area contributed by atoms with Gasteiger partial charge in [0, 0.05) is 12.1 Å². The maximum absolute atomic E-state index is 11.8. The summed E-state index contributed by atoms with van der Waals surface area (Å²) in [6.45, 7) is 6.23. The number of amides is 1. The minimum atomic E-state index is -0.187. The van der Waals surface area contributed by atoms with Crippen LogP contribution in [0, 0.1) is 0 Å². The molecule has 3 rings (SSSR count). The summed E-state index contributed by atoms with van der Waals surface area (Å²) in [6, 6.07) is 13.4. The van der Waals surface area contributed by atoms with Gasteiger partial charge in [-0.05, 0) is 36.8 Å². The van der Waals surface area contributed by atoms with E-state index in [1.807, 2.05) is 36.4 Å². The summed E-state index contributed by atoms with van der Waals surface area (Å²) in [5.41, 5.74) is 3.34. The number of halogens is 2. The zero-order valence-electron chi connectivity index (χ0n) is 13.7. The van der Waals surface area contributed by atoms with Crippen LogP contribution in [0.1, 0.15) is 18.3 Å². The van der Waals surface area contributed by atoms with Crippen molar-refractivity contribution in [1.82, 2.24) is 14.9 Å². The van der Waals surface area contributed by atoms with E-state index in [-0.39, 0.29) is 5.91 Å². The SMILES string of the molecule is C=C(C)C(=O)NCc1nc2ccccc2n1Cc1ccc(Cl)c(Cl)c1. The van der Waals surface area contributed by atoms with Crippen LogP contribution in [-0.4, -0.2) is 15.5 Å². The second-order valence-electron chi connectivity index (χ2n) is 5.81. The highest BCUT2D eigenvalue weighted by molar-refractivity contribution is 6.42. The van der Waals surface area contributed by atoms with Crippen LogP contribution in [0.2, 0.25) is 10.0 Å². The summed E-state index contributed by atoms with van der Waals surface area (Å²) in [6.07, 6.45) is 0. The van der Waals surface area contributed by atoms with Gasteiger partial charge < -0.3 is 9.88 Å². The van der Waals surface area contributed by atoms with Crippen molar-refractivity contribution in [2.45, 2.75) is 20.0 Å².